The van der Waals surface area contributed by atoms with Crippen LogP contribution in [0.4, 0.5) is 0 Å². The first kappa shape index (κ1) is 6.58. The van der Waals surface area contributed by atoms with Crippen molar-refractivity contribution in [1.29, 1.82) is 0 Å². The molecule has 0 bridgehead atoms. The molecule has 0 radical (unpaired) electrons. The van der Waals surface area contributed by atoms with Gasteiger partial charge in [0.25, 0.3) is 5.43 Å². The third kappa shape index (κ3) is 1.18. The van der Waals surface area contributed by atoms with E-state index in [0.29, 0.717) is 0 Å². The van der Waals surface area contributed by atoms with Crippen LogP contribution in [0.1, 0.15) is 20.8 Å². The second-order valence-electron chi connectivity index (χ2n) is 2.63. The molecule has 1 aromatic carbocycles. The van der Waals surface area contributed by atoms with Crippen LogP contribution in [0.3, 0.4) is 0 Å². The van der Waals surface area contributed by atoms with E-state index in [1.54, 1.807) is 13.8 Å². The van der Waals surface area contributed by atoms with E-state index in [1.807, 2.05) is 0 Å². The highest BCUT2D eigenvalue weighted by atomic mass is 16.5. The van der Waals surface area contributed by atoms with Gasteiger partial charge in [-0.25, -0.2) is 0 Å². The second-order valence-corrected chi connectivity index (χ2v) is 2.63. The Hall–Kier alpha value is -1.12. The van der Waals surface area contributed by atoms with Crippen LogP contribution in [0.25, 0.3) is 0 Å². The zero-order chi connectivity index (χ0) is 9.30. The fourth-order valence-electron chi connectivity index (χ4n) is 0.778. The first-order valence-electron chi connectivity index (χ1n) is 4.06. The van der Waals surface area contributed by atoms with Gasteiger partial charge in [-0.1, -0.05) is 0 Å². The van der Waals surface area contributed by atoms with Gasteiger partial charge in [-0.2, -0.15) is 0 Å². The van der Waals surface area contributed by atoms with E-state index in [9.17, 15) is 9.59 Å². The smallest absolute Gasteiger partial charge is 0.268 e. The van der Waals surface area contributed by atoms with Gasteiger partial charge in [-0.05, 0) is 20.7 Å². The standard InChI is InChI=1S/C8H10O3/c1-4(2)11-8-5(3)6(9)7(8)10/h4H,1-3H3/i3D. The van der Waals surface area contributed by atoms with Crippen LogP contribution < -0.4 is 15.6 Å². The summed E-state index contributed by atoms with van der Waals surface area (Å²) in [4.78, 5) is 21.6. The molecule has 0 atom stereocenters. The van der Waals surface area contributed by atoms with Crippen molar-refractivity contribution in [3.8, 4) is 5.75 Å². The topological polar surface area (TPSA) is 43.4 Å². The maximum absolute atomic E-state index is 10.9. The van der Waals surface area contributed by atoms with Crippen LogP contribution in [0, 0.1) is 6.90 Å². The Labute approximate surface area is 65.7 Å². The lowest BCUT2D eigenvalue weighted by Gasteiger charge is -2.11. The van der Waals surface area contributed by atoms with Crippen molar-refractivity contribution in [2.75, 3.05) is 0 Å². The van der Waals surface area contributed by atoms with E-state index in [0.717, 1.165) is 0 Å². The van der Waals surface area contributed by atoms with Crippen LogP contribution in [0.15, 0.2) is 9.59 Å². The van der Waals surface area contributed by atoms with Gasteiger partial charge in [-0.3, -0.25) is 9.59 Å². The lowest BCUT2D eigenvalue weighted by Crippen LogP contribution is -2.36. The van der Waals surface area contributed by atoms with Crippen molar-refractivity contribution in [2.45, 2.75) is 26.9 Å². The molecule has 0 unspecified atom stereocenters. The maximum Gasteiger partial charge on any atom is 0.268 e. The molecule has 0 spiro atoms. The average molecular weight is 155 g/mol. The molecule has 0 saturated carbocycles. The van der Waals surface area contributed by atoms with Gasteiger partial charge in [0.2, 0.25) is 5.43 Å². The third-order valence-electron chi connectivity index (χ3n) is 1.31. The fourth-order valence-corrected chi connectivity index (χ4v) is 0.778. The monoisotopic (exact) mass is 155 g/mol. The molecule has 0 saturated heterocycles. The van der Waals surface area contributed by atoms with E-state index in [4.69, 9.17) is 6.11 Å². The minimum Gasteiger partial charge on any atom is -0.486 e. The van der Waals surface area contributed by atoms with Gasteiger partial charge < -0.3 is 4.74 Å². The van der Waals surface area contributed by atoms with Gasteiger partial charge in [0.05, 0.1) is 6.10 Å². The van der Waals surface area contributed by atoms with Gasteiger partial charge in [0.15, 0.2) is 5.75 Å². The molecule has 3 nitrogen and oxygen atoms in total. The number of rotatable bonds is 2. The molecule has 11 heavy (non-hydrogen) atoms. The van der Waals surface area contributed by atoms with Crippen LogP contribution in [0.5, 0.6) is 5.75 Å². The van der Waals surface area contributed by atoms with Crippen molar-refractivity contribution in [2.24, 2.45) is 0 Å². The molecule has 0 N–H and O–H groups in total. The quantitative estimate of drug-likeness (QED) is 0.580. The molecule has 0 fully saturated rings. The first-order chi connectivity index (χ1) is 5.57. The summed E-state index contributed by atoms with van der Waals surface area (Å²) in [5.41, 5.74) is -0.958. The van der Waals surface area contributed by atoms with Gasteiger partial charge in [-0.15, -0.1) is 0 Å². The Morgan fingerprint density at radius 3 is 2.45 bits per heavy atom. The predicted octanol–water partition coefficient (Wildman–Crippen LogP) is 0.378. The normalized spacial score (nSPS) is 12.1. The van der Waals surface area contributed by atoms with Crippen LogP contribution >= 0.6 is 0 Å². The SMILES string of the molecule is [2H]Cc1c(OC(C)C)c(=O)c1=O. The zero-order valence-electron chi connectivity index (χ0n) is 7.51. The number of hydrogen-bond donors (Lipinski definition) is 0. The Balaban J connectivity index is 2.94. The molecular weight excluding hydrogens is 144 g/mol. The molecule has 0 aliphatic carbocycles. The highest BCUT2D eigenvalue weighted by molar-refractivity contribution is 5.38. The molecule has 1 rings (SSSR count). The van der Waals surface area contributed by atoms with E-state index >= 15 is 0 Å². The summed E-state index contributed by atoms with van der Waals surface area (Å²) in [7, 11) is 0. The van der Waals surface area contributed by atoms with Crippen molar-refractivity contribution >= 4 is 0 Å². The lowest BCUT2D eigenvalue weighted by molar-refractivity contribution is 0.235. The molecular formula is C8H10O3. The van der Waals surface area contributed by atoms with Crippen LogP contribution in [-0.2, 0) is 0 Å². The highest BCUT2D eigenvalue weighted by Crippen LogP contribution is 2.10. The third-order valence-corrected chi connectivity index (χ3v) is 1.31. The molecule has 0 aliphatic heterocycles. The Morgan fingerprint density at radius 1 is 1.36 bits per heavy atom. The van der Waals surface area contributed by atoms with Crippen molar-refractivity contribution in [3.63, 3.8) is 0 Å². The summed E-state index contributed by atoms with van der Waals surface area (Å²) in [5.74, 6) is 0.0880. The Bertz CT molecular complexity index is 347. The Kier molecular flexibility index (Phi) is 1.49. The van der Waals surface area contributed by atoms with E-state index in [1.165, 1.54) is 0 Å². The molecule has 60 valence electrons. The summed E-state index contributed by atoms with van der Waals surface area (Å²) in [5, 5.41) is 0. The molecule has 3 heteroatoms. The summed E-state index contributed by atoms with van der Waals surface area (Å²) in [6.45, 7) is 3.36. The number of ether oxygens (including phenoxy) is 1. The number of hydrogen-bond acceptors (Lipinski definition) is 3. The fraction of sp³-hybridized carbons (Fsp3) is 0.500. The Morgan fingerprint density at radius 2 is 2.00 bits per heavy atom. The van der Waals surface area contributed by atoms with Crippen LogP contribution in [0.2, 0.25) is 0 Å². The van der Waals surface area contributed by atoms with Gasteiger partial charge >= 0.3 is 0 Å². The summed E-state index contributed by atoms with van der Waals surface area (Å²) in [6, 6.07) is 0. The lowest BCUT2D eigenvalue weighted by atomic mass is 10.1. The second kappa shape index (κ2) is 2.49. The largest absolute Gasteiger partial charge is 0.486 e. The van der Waals surface area contributed by atoms with Gasteiger partial charge in [0.1, 0.15) is 0 Å². The van der Waals surface area contributed by atoms with Gasteiger partial charge in [0, 0.05) is 6.93 Å². The van der Waals surface area contributed by atoms with Crippen molar-refractivity contribution in [1.82, 2.24) is 0 Å². The summed E-state index contributed by atoms with van der Waals surface area (Å²) >= 11 is 0. The predicted molar refractivity (Wildman–Crippen MR) is 41.9 cm³/mol. The van der Waals surface area contributed by atoms with E-state index in [2.05, 4.69) is 0 Å². The van der Waals surface area contributed by atoms with Crippen molar-refractivity contribution < 1.29 is 6.11 Å². The molecule has 1 aromatic rings. The van der Waals surface area contributed by atoms with E-state index in [-0.39, 0.29) is 24.3 Å². The first-order valence-corrected chi connectivity index (χ1v) is 3.36. The minimum absolute atomic E-state index is 0.0880. The highest BCUT2D eigenvalue weighted by Gasteiger charge is 2.18. The molecule has 0 aromatic heterocycles. The van der Waals surface area contributed by atoms with E-state index < -0.39 is 10.9 Å². The maximum atomic E-state index is 10.9. The summed E-state index contributed by atoms with van der Waals surface area (Å²) < 4.78 is 12.0. The molecule has 0 amide bonds. The zero-order valence-corrected chi connectivity index (χ0v) is 6.51. The van der Waals surface area contributed by atoms with Crippen molar-refractivity contribution in [3.05, 3.63) is 26.0 Å². The van der Waals surface area contributed by atoms with Crippen LogP contribution in [-0.4, -0.2) is 6.10 Å². The summed E-state index contributed by atoms with van der Waals surface area (Å²) in [6.07, 6.45) is -0.126. The minimum atomic E-state index is -0.592. The molecule has 0 aliphatic rings. The molecule has 0 heterocycles. The average Bonchev–Trinajstić information content (AvgIpc) is 2.03.